The molecule has 1 rings (SSSR count). The lowest BCUT2D eigenvalue weighted by atomic mass is 10.1. The number of hydrogen-bond donors (Lipinski definition) is 1. The van der Waals surface area contributed by atoms with Crippen LogP contribution in [0.1, 0.15) is 34.6 Å². The molecular weight excluding hydrogens is 168 g/mol. The lowest BCUT2D eigenvalue weighted by Gasteiger charge is -2.37. The smallest absolute Gasteiger partial charge is 0.319 e. The first-order valence-electron chi connectivity index (χ1n) is 4.03. The number of urea groups is 1. The van der Waals surface area contributed by atoms with Crippen molar-refractivity contribution in [2.45, 2.75) is 40.2 Å². The third kappa shape index (κ3) is 2.72. The highest BCUT2D eigenvalue weighted by Gasteiger charge is 2.31. The van der Waals surface area contributed by atoms with Crippen LogP contribution in [0.3, 0.4) is 0 Å². The molecule has 0 aliphatic carbocycles. The first-order chi connectivity index (χ1) is 5.41. The molecule has 1 N–H and O–H groups in total. The molecule has 0 aromatic heterocycles. The zero-order chi connectivity index (χ0) is 9.35. The van der Waals surface area contributed by atoms with Crippen LogP contribution < -0.4 is 5.32 Å². The lowest BCUT2D eigenvalue weighted by Crippen LogP contribution is -2.56. The van der Waals surface area contributed by atoms with Crippen LogP contribution in [-0.2, 0) is 4.79 Å². The van der Waals surface area contributed by atoms with E-state index in [-0.39, 0.29) is 24.9 Å². The molecule has 0 aromatic rings. The molecule has 13 heavy (non-hydrogen) atoms. The summed E-state index contributed by atoms with van der Waals surface area (Å²) >= 11 is 0. The van der Waals surface area contributed by atoms with Crippen LogP contribution >= 0.6 is 0 Å². The van der Waals surface area contributed by atoms with Crippen molar-refractivity contribution in [3.8, 4) is 0 Å². The molecule has 76 valence electrons. The Bertz CT molecular complexity index is 218. The van der Waals surface area contributed by atoms with E-state index in [1.165, 1.54) is 0 Å². The number of imide groups is 1. The maximum atomic E-state index is 11.2. The highest BCUT2D eigenvalue weighted by Crippen LogP contribution is 2.15. The van der Waals surface area contributed by atoms with E-state index in [4.69, 9.17) is 0 Å². The second-order valence-corrected chi connectivity index (χ2v) is 3.93. The van der Waals surface area contributed by atoms with E-state index in [0.29, 0.717) is 13.0 Å². The Morgan fingerprint density at radius 1 is 1.31 bits per heavy atom. The van der Waals surface area contributed by atoms with Crippen molar-refractivity contribution >= 4 is 11.9 Å². The van der Waals surface area contributed by atoms with Crippen molar-refractivity contribution in [1.29, 1.82) is 0 Å². The summed E-state index contributed by atoms with van der Waals surface area (Å²) in [5.41, 5.74) is -0.204. The SMILES string of the molecule is C.CC(C)(C)N1CCC(=O)NC1=O. The second kappa shape index (κ2) is 3.77. The monoisotopic (exact) mass is 186 g/mol. The normalized spacial score (nSPS) is 17.9. The average molecular weight is 186 g/mol. The minimum absolute atomic E-state index is 0. The Balaban J connectivity index is 0.00000144. The molecular formula is C9H18N2O2. The highest BCUT2D eigenvalue weighted by molar-refractivity contribution is 5.96. The van der Waals surface area contributed by atoms with Gasteiger partial charge in [-0.15, -0.1) is 0 Å². The van der Waals surface area contributed by atoms with E-state index in [9.17, 15) is 9.59 Å². The summed E-state index contributed by atoms with van der Waals surface area (Å²) < 4.78 is 0. The number of rotatable bonds is 0. The van der Waals surface area contributed by atoms with E-state index in [0.717, 1.165) is 0 Å². The molecule has 0 atom stereocenters. The van der Waals surface area contributed by atoms with Crippen molar-refractivity contribution < 1.29 is 9.59 Å². The first-order valence-corrected chi connectivity index (χ1v) is 4.03. The quantitative estimate of drug-likeness (QED) is 0.621. The lowest BCUT2D eigenvalue weighted by molar-refractivity contribution is -0.122. The molecule has 1 heterocycles. The number of carbonyl (C=O) groups is 2. The summed E-state index contributed by atoms with van der Waals surface area (Å²) in [6.07, 6.45) is 0.406. The molecule has 0 aromatic carbocycles. The standard InChI is InChI=1S/C8H14N2O2.CH4/c1-8(2,3)10-5-4-6(11)9-7(10)12;/h4-5H2,1-3H3,(H,9,11,12);1H4. The predicted molar refractivity (Wildman–Crippen MR) is 51.3 cm³/mol. The van der Waals surface area contributed by atoms with Crippen molar-refractivity contribution in [3.63, 3.8) is 0 Å². The predicted octanol–water partition coefficient (Wildman–Crippen LogP) is 1.36. The van der Waals surface area contributed by atoms with Gasteiger partial charge in [-0.3, -0.25) is 10.1 Å². The van der Waals surface area contributed by atoms with Crippen LogP contribution in [0.5, 0.6) is 0 Å². The molecule has 0 spiro atoms. The van der Waals surface area contributed by atoms with Crippen LogP contribution in [0.4, 0.5) is 4.79 Å². The number of hydrogen-bond acceptors (Lipinski definition) is 2. The molecule has 3 amide bonds. The van der Waals surface area contributed by atoms with Crippen molar-refractivity contribution in [2.24, 2.45) is 0 Å². The fourth-order valence-electron chi connectivity index (χ4n) is 1.20. The van der Waals surface area contributed by atoms with E-state index in [1.54, 1.807) is 4.90 Å². The minimum Gasteiger partial charge on any atom is -0.319 e. The van der Waals surface area contributed by atoms with Gasteiger partial charge in [0.1, 0.15) is 0 Å². The van der Waals surface area contributed by atoms with Crippen LogP contribution in [0.2, 0.25) is 0 Å². The molecule has 0 radical (unpaired) electrons. The van der Waals surface area contributed by atoms with Gasteiger partial charge in [-0.2, -0.15) is 0 Å². The Labute approximate surface area is 79.3 Å². The maximum absolute atomic E-state index is 11.2. The highest BCUT2D eigenvalue weighted by atomic mass is 16.2. The zero-order valence-electron chi connectivity index (χ0n) is 7.68. The van der Waals surface area contributed by atoms with Crippen LogP contribution in [-0.4, -0.2) is 28.9 Å². The number of amides is 3. The first kappa shape index (κ1) is 11.9. The molecule has 0 bridgehead atoms. The van der Waals surface area contributed by atoms with Gasteiger partial charge < -0.3 is 4.90 Å². The number of nitrogens with zero attached hydrogens (tertiary/aromatic N) is 1. The van der Waals surface area contributed by atoms with Gasteiger partial charge in [0, 0.05) is 18.5 Å². The van der Waals surface area contributed by atoms with Gasteiger partial charge >= 0.3 is 6.03 Å². The van der Waals surface area contributed by atoms with Crippen molar-refractivity contribution in [2.75, 3.05) is 6.54 Å². The van der Waals surface area contributed by atoms with Gasteiger partial charge in [0.2, 0.25) is 5.91 Å². The Kier molecular flexibility index (Phi) is 3.46. The average Bonchev–Trinajstić information content (AvgIpc) is 1.83. The number of nitrogens with one attached hydrogen (secondary N) is 1. The maximum Gasteiger partial charge on any atom is 0.324 e. The largest absolute Gasteiger partial charge is 0.324 e. The summed E-state index contributed by atoms with van der Waals surface area (Å²) in [6.45, 7) is 6.36. The van der Waals surface area contributed by atoms with Crippen molar-refractivity contribution in [3.05, 3.63) is 0 Å². The van der Waals surface area contributed by atoms with Gasteiger partial charge in [-0.1, -0.05) is 7.43 Å². The van der Waals surface area contributed by atoms with Gasteiger partial charge in [0.05, 0.1) is 0 Å². The van der Waals surface area contributed by atoms with Crippen LogP contribution in [0.25, 0.3) is 0 Å². The molecule has 1 saturated heterocycles. The molecule has 0 unspecified atom stereocenters. The second-order valence-electron chi connectivity index (χ2n) is 3.93. The van der Waals surface area contributed by atoms with Crippen LogP contribution in [0.15, 0.2) is 0 Å². The minimum atomic E-state index is -0.279. The summed E-state index contributed by atoms with van der Waals surface area (Å²) in [7, 11) is 0. The summed E-state index contributed by atoms with van der Waals surface area (Å²) in [6, 6.07) is -0.279. The molecule has 4 heteroatoms. The summed E-state index contributed by atoms with van der Waals surface area (Å²) in [4.78, 5) is 23.7. The van der Waals surface area contributed by atoms with Crippen LogP contribution in [0, 0.1) is 0 Å². The fraction of sp³-hybridized carbons (Fsp3) is 0.778. The van der Waals surface area contributed by atoms with E-state index in [2.05, 4.69) is 5.32 Å². The van der Waals surface area contributed by atoms with E-state index < -0.39 is 0 Å². The van der Waals surface area contributed by atoms with Gasteiger partial charge in [0.15, 0.2) is 0 Å². The molecule has 0 saturated carbocycles. The van der Waals surface area contributed by atoms with Crippen molar-refractivity contribution in [1.82, 2.24) is 10.2 Å². The summed E-state index contributed by atoms with van der Waals surface area (Å²) in [5.74, 6) is -0.180. The topological polar surface area (TPSA) is 49.4 Å². The Hall–Kier alpha value is -1.06. The molecule has 1 aliphatic rings. The van der Waals surface area contributed by atoms with E-state index >= 15 is 0 Å². The van der Waals surface area contributed by atoms with Gasteiger partial charge in [0.25, 0.3) is 0 Å². The van der Waals surface area contributed by atoms with Gasteiger partial charge in [-0.05, 0) is 20.8 Å². The zero-order valence-corrected chi connectivity index (χ0v) is 7.68. The fourth-order valence-corrected chi connectivity index (χ4v) is 1.20. The van der Waals surface area contributed by atoms with E-state index in [1.807, 2.05) is 20.8 Å². The molecule has 1 aliphatic heterocycles. The Morgan fingerprint density at radius 3 is 2.23 bits per heavy atom. The van der Waals surface area contributed by atoms with Gasteiger partial charge in [-0.25, -0.2) is 4.79 Å². The Morgan fingerprint density at radius 2 is 1.85 bits per heavy atom. The summed E-state index contributed by atoms with van der Waals surface area (Å²) in [5, 5.41) is 2.28. The third-order valence-corrected chi connectivity index (χ3v) is 1.86. The molecule has 4 nitrogen and oxygen atoms in total. The number of carbonyl (C=O) groups excluding carboxylic acids is 2. The third-order valence-electron chi connectivity index (χ3n) is 1.86. The molecule has 1 fully saturated rings.